The minimum absolute atomic E-state index is 0.538. The van der Waals surface area contributed by atoms with Crippen LogP contribution in [0.15, 0.2) is 30.3 Å². The van der Waals surface area contributed by atoms with Gasteiger partial charge < -0.3 is 20.3 Å². The lowest BCUT2D eigenvalue weighted by Crippen LogP contribution is -2.44. The molecule has 0 aliphatic carbocycles. The van der Waals surface area contributed by atoms with E-state index in [2.05, 4.69) is 5.32 Å². The number of carbonyl (C=O) groups excluding carboxylic acids is 1. The van der Waals surface area contributed by atoms with Crippen molar-refractivity contribution >= 4 is 28.5 Å². The Bertz CT molecular complexity index is 346. The number of ether oxygens (including phenoxy) is 1. The Kier molecular flexibility index (Phi) is 5.13. The fourth-order valence-electron chi connectivity index (χ4n) is 1.15. The molecule has 1 amide bonds. The summed E-state index contributed by atoms with van der Waals surface area (Å²) >= 11 is 1.85. The van der Waals surface area contributed by atoms with Crippen LogP contribution in [0.2, 0.25) is 0 Å². The average Bonchev–Trinajstić information content (AvgIpc) is 2.30. The van der Waals surface area contributed by atoms with E-state index in [-0.39, 0.29) is 0 Å². The number of hydrogen-bond donors (Lipinski definition) is 3. The number of benzene rings is 1. The minimum Gasteiger partial charge on any atom is -0.387 e. The zero-order valence-corrected chi connectivity index (χ0v) is 10.5. The molecule has 0 radical (unpaired) electrons. The molecule has 1 atom stereocenters. The van der Waals surface area contributed by atoms with Crippen LogP contribution in [0.3, 0.4) is 0 Å². The predicted molar refractivity (Wildman–Crippen MR) is 65.5 cm³/mol. The van der Waals surface area contributed by atoms with Crippen molar-refractivity contribution in [2.45, 2.75) is 3.73 Å². The zero-order valence-electron chi connectivity index (χ0n) is 8.39. The molecule has 0 saturated heterocycles. The molecule has 1 aromatic rings. The second-order valence-electron chi connectivity index (χ2n) is 2.94. The van der Waals surface area contributed by atoms with Gasteiger partial charge >= 0.3 is 0 Å². The van der Waals surface area contributed by atoms with Crippen molar-refractivity contribution in [2.24, 2.45) is 0 Å². The van der Waals surface area contributed by atoms with Crippen molar-refractivity contribution in [3.63, 3.8) is 0 Å². The summed E-state index contributed by atoms with van der Waals surface area (Å²) in [6.07, 6.45) is 0. The standard InChI is InChI=1S/C10H12INO4/c11-10(16-7-14,12-9(15)6-13)8-4-2-1-3-5-8/h1-5,13-14H,6-7H2,(H,12,15). The number of alkyl halides is 1. The monoisotopic (exact) mass is 337 g/mol. The molecule has 0 spiro atoms. The third-order valence-electron chi connectivity index (χ3n) is 1.85. The van der Waals surface area contributed by atoms with Gasteiger partial charge in [0.15, 0.2) is 0 Å². The molecular formula is C10H12INO4. The first-order valence-electron chi connectivity index (χ1n) is 4.53. The zero-order chi connectivity index (χ0) is 12.0. The lowest BCUT2D eigenvalue weighted by Gasteiger charge is -2.28. The van der Waals surface area contributed by atoms with E-state index in [9.17, 15) is 4.79 Å². The van der Waals surface area contributed by atoms with Crippen molar-refractivity contribution in [2.75, 3.05) is 13.4 Å². The number of hydrogen-bond acceptors (Lipinski definition) is 4. The Labute approximate surface area is 107 Å². The number of aliphatic hydroxyl groups excluding tert-OH is 2. The quantitative estimate of drug-likeness (QED) is 0.313. The molecule has 88 valence electrons. The molecular weight excluding hydrogens is 325 g/mol. The highest BCUT2D eigenvalue weighted by Gasteiger charge is 2.31. The Morgan fingerprint density at radius 3 is 2.50 bits per heavy atom. The summed E-state index contributed by atoms with van der Waals surface area (Å²) in [6, 6.07) is 8.90. The molecule has 1 rings (SSSR count). The lowest BCUT2D eigenvalue weighted by molar-refractivity contribution is -0.134. The van der Waals surface area contributed by atoms with Crippen LogP contribution in [0.1, 0.15) is 5.56 Å². The molecule has 0 aromatic heterocycles. The van der Waals surface area contributed by atoms with Crippen molar-refractivity contribution in [3.05, 3.63) is 35.9 Å². The summed E-state index contributed by atoms with van der Waals surface area (Å²) in [6.45, 7) is -1.17. The maximum absolute atomic E-state index is 11.1. The molecule has 0 saturated carbocycles. The first-order valence-corrected chi connectivity index (χ1v) is 5.61. The summed E-state index contributed by atoms with van der Waals surface area (Å²) in [4.78, 5) is 11.1. The van der Waals surface area contributed by atoms with Crippen LogP contribution in [0.4, 0.5) is 0 Å². The summed E-state index contributed by atoms with van der Waals surface area (Å²) in [5, 5.41) is 20.0. The first-order chi connectivity index (χ1) is 7.62. The van der Waals surface area contributed by atoms with Crippen molar-refractivity contribution in [3.8, 4) is 0 Å². The molecule has 3 N–H and O–H groups in total. The van der Waals surface area contributed by atoms with E-state index in [1.165, 1.54) is 0 Å². The van der Waals surface area contributed by atoms with E-state index < -0.39 is 23.0 Å². The van der Waals surface area contributed by atoms with Gasteiger partial charge in [-0.15, -0.1) is 0 Å². The number of amides is 1. The average molecular weight is 337 g/mol. The van der Waals surface area contributed by atoms with Gasteiger partial charge in [-0.25, -0.2) is 0 Å². The van der Waals surface area contributed by atoms with Crippen LogP contribution >= 0.6 is 22.6 Å². The SMILES string of the molecule is O=C(CO)NC(I)(OCO)c1ccccc1. The topological polar surface area (TPSA) is 78.8 Å². The summed E-state index contributed by atoms with van der Waals surface area (Å²) < 4.78 is 3.91. The van der Waals surface area contributed by atoms with E-state index in [0.717, 1.165) is 0 Å². The molecule has 6 heteroatoms. The normalized spacial score (nSPS) is 14.2. The van der Waals surface area contributed by atoms with E-state index in [0.29, 0.717) is 5.56 Å². The Morgan fingerprint density at radius 1 is 1.38 bits per heavy atom. The van der Waals surface area contributed by atoms with Crippen LogP contribution in [0, 0.1) is 0 Å². The molecule has 1 unspecified atom stereocenters. The number of halogens is 1. The molecule has 0 bridgehead atoms. The maximum atomic E-state index is 11.1. The van der Waals surface area contributed by atoms with E-state index in [4.69, 9.17) is 14.9 Å². The van der Waals surface area contributed by atoms with Gasteiger partial charge in [0.25, 0.3) is 0 Å². The van der Waals surface area contributed by atoms with Gasteiger partial charge in [0.2, 0.25) is 9.64 Å². The maximum Gasteiger partial charge on any atom is 0.248 e. The van der Waals surface area contributed by atoms with Crippen molar-refractivity contribution in [1.82, 2.24) is 5.32 Å². The fourth-order valence-corrected chi connectivity index (χ4v) is 1.95. The molecule has 1 aromatic carbocycles. The van der Waals surface area contributed by atoms with Crippen molar-refractivity contribution < 1.29 is 19.7 Å². The van der Waals surface area contributed by atoms with Gasteiger partial charge in [0, 0.05) is 5.56 Å². The number of aliphatic hydroxyl groups is 2. The summed E-state index contributed by atoms with van der Waals surface area (Å²) in [5.74, 6) is -0.577. The van der Waals surface area contributed by atoms with Gasteiger partial charge in [0.1, 0.15) is 13.4 Å². The van der Waals surface area contributed by atoms with Crippen LogP contribution in [0.25, 0.3) is 0 Å². The Morgan fingerprint density at radius 2 is 2.00 bits per heavy atom. The Balaban J connectivity index is 2.92. The fraction of sp³-hybridized carbons (Fsp3) is 0.300. The minimum atomic E-state index is -1.17. The number of carbonyl (C=O) groups is 1. The second-order valence-corrected chi connectivity index (χ2v) is 4.46. The largest absolute Gasteiger partial charge is 0.387 e. The van der Waals surface area contributed by atoms with Crippen LogP contribution in [-0.2, 0) is 13.3 Å². The van der Waals surface area contributed by atoms with Gasteiger partial charge in [-0.05, 0) is 22.6 Å². The van der Waals surface area contributed by atoms with E-state index in [1.54, 1.807) is 24.3 Å². The highest BCUT2D eigenvalue weighted by atomic mass is 127. The first kappa shape index (κ1) is 13.4. The molecule has 0 heterocycles. The van der Waals surface area contributed by atoms with Gasteiger partial charge in [0.05, 0.1) is 0 Å². The van der Waals surface area contributed by atoms with Gasteiger partial charge in [-0.2, -0.15) is 0 Å². The van der Waals surface area contributed by atoms with E-state index >= 15 is 0 Å². The molecule has 0 aliphatic rings. The molecule has 0 aliphatic heterocycles. The number of rotatable bonds is 5. The molecule has 0 fully saturated rings. The highest BCUT2D eigenvalue weighted by Crippen LogP contribution is 2.29. The third kappa shape index (κ3) is 3.41. The molecule has 16 heavy (non-hydrogen) atoms. The smallest absolute Gasteiger partial charge is 0.248 e. The van der Waals surface area contributed by atoms with Crippen LogP contribution in [-0.4, -0.2) is 29.5 Å². The van der Waals surface area contributed by atoms with E-state index in [1.807, 2.05) is 28.7 Å². The van der Waals surface area contributed by atoms with Crippen LogP contribution < -0.4 is 5.32 Å². The van der Waals surface area contributed by atoms with Crippen LogP contribution in [0.5, 0.6) is 0 Å². The summed E-state index contributed by atoms with van der Waals surface area (Å²) in [5.41, 5.74) is 0.673. The number of nitrogens with one attached hydrogen (secondary N) is 1. The molecule has 5 nitrogen and oxygen atoms in total. The second kappa shape index (κ2) is 6.14. The Hall–Kier alpha value is -0.700. The lowest BCUT2D eigenvalue weighted by atomic mass is 10.2. The predicted octanol–water partition coefficient (Wildman–Crippen LogP) is 0.307. The van der Waals surface area contributed by atoms with Gasteiger partial charge in [-0.1, -0.05) is 30.3 Å². The van der Waals surface area contributed by atoms with Gasteiger partial charge in [-0.3, -0.25) is 4.79 Å². The third-order valence-corrected chi connectivity index (χ3v) is 3.06. The highest BCUT2D eigenvalue weighted by molar-refractivity contribution is 14.1. The van der Waals surface area contributed by atoms with Crippen molar-refractivity contribution in [1.29, 1.82) is 0 Å². The summed E-state index contributed by atoms with van der Waals surface area (Å²) in [7, 11) is 0.